The summed E-state index contributed by atoms with van der Waals surface area (Å²) in [6, 6.07) is 0. The maximum absolute atomic E-state index is 10.5. The molecule has 1 aliphatic carbocycles. The summed E-state index contributed by atoms with van der Waals surface area (Å²) in [7, 11) is 0. The lowest BCUT2D eigenvalue weighted by atomic mass is 10.2. The van der Waals surface area contributed by atoms with E-state index in [-0.39, 0.29) is 12.5 Å². The third-order valence-corrected chi connectivity index (χ3v) is 2.84. The van der Waals surface area contributed by atoms with Crippen molar-refractivity contribution >= 4 is 5.97 Å². The molecule has 4 heteroatoms. The minimum atomic E-state index is -0.761. The van der Waals surface area contributed by atoms with E-state index in [0.29, 0.717) is 6.61 Å². The largest absolute Gasteiger partial charge is 0.481 e. The van der Waals surface area contributed by atoms with E-state index < -0.39 is 5.97 Å². The fraction of sp³-hybridized carbons (Fsp3) is 0.900. The van der Waals surface area contributed by atoms with Crippen molar-refractivity contribution in [2.24, 2.45) is 5.92 Å². The molecule has 2 aliphatic rings. The van der Waals surface area contributed by atoms with Gasteiger partial charge < -0.3 is 9.84 Å². The van der Waals surface area contributed by atoms with Crippen molar-refractivity contribution in [3.05, 3.63) is 0 Å². The Morgan fingerprint density at radius 1 is 1.50 bits per heavy atom. The molecule has 1 saturated heterocycles. The van der Waals surface area contributed by atoms with Gasteiger partial charge in [-0.15, -0.1) is 0 Å². The van der Waals surface area contributed by atoms with Crippen LogP contribution in [0, 0.1) is 5.92 Å². The molecule has 0 radical (unpaired) electrons. The summed E-state index contributed by atoms with van der Waals surface area (Å²) >= 11 is 0. The van der Waals surface area contributed by atoms with Gasteiger partial charge in [0.05, 0.1) is 19.1 Å². The Kier molecular flexibility index (Phi) is 3.03. The van der Waals surface area contributed by atoms with Crippen LogP contribution in [0.5, 0.6) is 0 Å². The van der Waals surface area contributed by atoms with E-state index >= 15 is 0 Å². The first-order valence-corrected chi connectivity index (χ1v) is 5.30. The molecule has 0 aromatic heterocycles. The van der Waals surface area contributed by atoms with Crippen LogP contribution in [0.2, 0.25) is 0 Å². The van der Waals surface area contributed by atoms with Crippen LogP contribution in [0.25, 0.3) is 0 Å². The molecule has 1 heterocycles. The van der Waals surface area contributed by atoms with Crippen molar-refractivity contribution in [3.8, 4) is 0 Å². The minimum Gasteiger partial charge on any atom is -0.481 e. The van der Waals surface area contributed by atoms with Gasteiger partial charge in [-0.1, -0.05) is 0 Å². The third-order valence-electron chi connectivity index (χ3n) is 2.84. The average Bonchev–Trinajstić information content (AvgIpc) is 2.87. The summed E-state index contributed by atoms with van der Waals surface area (Å²) < 4.78 is 5.40. The van der Waals surface area contributed by atoms with Crippen molar-refractivity contribution in [2.75, 3.05) is 26.2 Å². The highest BCUT2D eigenvalue weighted by Gasteiger charge is 2.28. The quantitative estimate of drug-likeness (QED) is 0.719. The van der Waals surface area contributed by atoms with Crippen LogP contribution in [0.1, 0.15) is 19.3 Å². The number of carboxylic acid groups (broad SMARTS) is 1. The average molecular weight is 199 g/mol. The predicted octanol–water partition coefficient (Wildman–Crippen LogP) is 0.572. The molecule has 1 saturated carbocycles. The molecular formula is C10H17NO3. The zero-order valence-electron chi connectivity index (χ0n) is 8.32. The Labute approximate surface area is 83.8 Å². The highest BCUT2D eigenvalue weighted by molar-refractivity contribution is 5.67. The predicted molar refractivity (Wildman–Crippen MR) is 51.2 cm³/mol. The second-order valence-corrected chi connectivity index (χ2v) is 4.29. The van der Waals surface area contributed by atoms with Crippen LogP contribution in [0.4, 0.5) is 0 Å². The highest BCUT2D eigenvalue weighted by Crippen LogP contribution is 2.30. The lowest BCUT2D eigenvalue weighted by Gasteiger charge is -2.32. The number of nitrogens with zero attached hydrogens (tertiary/aromatic N) is 1. The molecule has 2 rings (SSSR count). The molecule has 1 atom stereocenters. The van der Waals surface area contributed by atoms with E-state index in [1.807, 2.05) is 0 Å². The zero-order chi connectivity index (χ0) is 9.97. The van der Waals surface area contributed by atoms with E-state index in [0.717, 1.165) is 25.6 Å². The molecule has 0 aromatic carbocycles. The highest BCUT2D eigenvalue weighted by atomic mass is 16.5. The first-order chi connectivity index (χ1) is 6.74. The molecule has 1 unspecified atom stereocenters. The van der Waals surface area contributed by atoms with E-state index in [2.05, 4.69) is 4.90 Å². The number of ether oxygens (including phenoxy) is 1. The van der Waals surface area contributed by atoms with Gasteiger partial charge in [-0.3, -0.25) is 9.69 Å². The number of carboxylic acids is 1. The molecule has 80 valence electrons. The first kappa shape index (κ1) is 9.93. The van der Waals surface area contributed by atoms with Gasteiger partial charge in [0.1, 0.15) is 0 Å². The smallest absolute Gasteiger partial charge is 0.306 e. The SMILES string of the molecule is O=C(O)CC1CN(CC2CC2)CCO1. The minimum absolute atomic E-state index is 0.0972. The van der Waals surface area contributed by atoms with Crippen molar-refractivity contribution in [1.29, 1.82) is 0 Å². The van der Waals surface area contributed by atoms with E-state index in [4.69, 9.17) is 9.84 Å². The summed E-state index contributed by atoms with van der Waals surface area (Å²) in [5.41, 5.74) is 0. The number of hydrogen-bond donors (Lipinski definition) is 1. The van der Waals surface area contributed by atoms with Gasteiger partial charge in [-0.2, -0.15) is 0 Å². The van der Waals surface area contributed by atoms with Crippen LogP contribution in [0.3, 0.4) is 0 Å². The van der Waals surface area contributed by atoms with Gasteiger partial charge in [0, 0.05) is 19.6 Å². The van der Waals surface area contributed by atoms with Crippen LogP contribution < -0.4 is 0 Å². The van der Waals surface area contributed by atoms with Crippen LogP contribution in [-0.4, -0.2) is 48.3 Å². The summed E-state index contributed by atoms with van der Waals surface area (Å²) in [5.74, 6) is 0.113. The van der Waals surface area contributed by atoms with Gasteiger partial charge in [0.2, 0.25) is 0 Å². The van der Waals surface area contributed by atoms with Gasteiger partial charge in [0.15, 0.2) is 0 Å². The lowest BCUT2D eigenvalue weighted by molar-refractivity contribution is -0.142. The summed E-state index contributed by atoms with van der Waals surface area (Å²) in [5, 5.41) is 8.65. The summed E-state index contributed by atoms with van der Waals surface area (Å²) in [6.07, 6.45) is 2.74. The number of hydrogen-bond acceptors (Lipinski definition) is 3. The number of aliphatic carboxylic acids is 1. The zero-order valence-corrected chi connectivity index (χ0v) is 8.32. The Morgan fingerprint density at radius 2 is 2.29 bits per heavy atom. The molecule has 0 amide bonds. The molecule has 2 fully saturated rings. The Morgan fingerprint density at radius 3 is 2.93 bits per heavy atom. The second kappa shape index (κ2) is 4.28. The normalized spacial score (nSPS) is 29.0. The number of carbonyl (C=O) groups is 1. The number of rotatable bonds is 4. The molecule has 0 aromatic rings. The van der Waals surface area contributed by atoms with Crippen molar-refractivity contribution < 1.29 is 14.6 Å². The van der Waals surface area contributed by atoms with Gasteiger partial charge >= 0.3 is 5.97 Å². The van der Waals surface area contributed by atoms with Gasteiger partial charge in [-0.25, -0.2) is 0 Å². The van der Waals surface area contributed by atoms with Crippen LogP contribution in [0.15, 0.2) is 0 Å². The first-order valence-electron chi connectivity index (χ1n) is 5.30. The van der Waals surface area contributed by atoms with Gasteiger partial charge in [0.25, 0.3) is 0 Å². The second-order valence-electron chi connectivity index (χ2n) is 4.29. The standard InChI is InChI=1S/C10H17NO3/c12-10(13)5-9-7-11(3-4-14-9)6-8-1-2-8/h8-9H,1-7H2,(H,12,13). The monoisotopic (exact) mass is 199 g/mol. The summed E-state index contributed by atoms with van der Waals surface area (Å²) in [6.45, 7) is 3.58. The fourth-order valence-corrected chi connectivity index (χ4v) is 1.93. The Balaban J connectivity index is 1.74. The van der Waals surface area contributed by atoms with Crippen molar-refractivity contribution in [3.63, 3.8) is 0 Å². The summed E-state index contributed by atoms with van der Waals surface area (Å²) in [4.78, 5) is 12.9. The van der Waals surface area contributed by atoms with Crippen LogP contribution in [-0.2, 0) is 9.53 Å². The van der Waals surface area contributed by atoms with Crippen LogP contribution >= 0.6 is 0 Å². The van der Waals surface area contributed by atoms with E-state index in [9.17, 15) is 4.79 Å². The molecule has 14 heavy (non-hydrogen) atoms. The molecule has 1 N–H and O–H groups in total. The molecule has 0 spiro atoms. The lowest BCUT2D eigenvalue weighted by Crippen LogP contribution is -2.44. The fourth-order valence-electron chi connectivity index (χ4n) is 1.93. The Bertz CT molecular complexity index is 215. The van der Waals surface area contributed by atoms with Crippen molar-refractivity contribution in [2.45, 2.75) is 25.4 Å². The number of morpholine rings is 1. The molecular weight excluding hydrogens is 182 g/mol. The van der Waals surface area contributed by atoms with Crippen molar-refractivity contribution in [1.82, 2.24) is 4.90 Å². The molecule has 4 nitrogen and oxygen atoms in total. The molecule has 1 aliphatic heterocycles. The maximum Gasteiger partial charge on any atom is 0.306 e. The van der Waals surface area contributed by atoms with E-state index in [1.54, 1.807) is 0 Å². The Hall–Kier alpha value is -0.610. The van der Waals surface area contributed by atoms with Gasteiger partial charge in [-0.05, 0) is 18.8 Å². The topological polar surface area (TPSA) is 49.8 Å². The third kappa shape index (κ3) is 2.96. The molecule has 0 bridgehead atoms. The maximum atomic E-state index is 10.5. The van der Waals surface area contributed by atoms with E-state index in [1.165, 1.54) is 12.8 Å².